The highest BCUT2D eigenvalue weighted by molar-refractivity contribution is 5.51. The average molecular weight is 390 g/mol. The molecular formula is C23H26N4O2. The minimum Gasteiger partial charge on any atom is -0.493 e. The number of benzene rings is 2. The maximum atomic E-state index is 5.38. The second-order valence-electron chi connectivity index (χ2n) is 7.07. The van der Waals surface area contributed by atoms with Crippen molar-refractivity contribution in [2.24, 2.45) is 0 Å². The Hall–Kier alpha value is -3.28. The van der Waals surface area contributed by atoms with E-state index >= 15 is 0 Å². The number of fused-ring (bicyclic) bond motifs is 1. The topological polar surface area (TPSA) is 59.5 Å². The Morgan fingerprint density at radius 2 is 1.79 bits per heavy atom. The predicted octanol–water partition coefficient (Wildman–Crippen LogP) is 3.71. The highest BCUT2D eigenvalue weighted by atomic mass is 16.5. The van der Waals surface area contributed by atoms with Gasteiger partial charge in [-0.05, 0) is 41.7 Å². The van der Waals surface area contributed by atoms with Crippen LogP contribution >= 0.6 is 0 Å². The van der Waals surface area contributed by atoms with Crippen LogP contribution in [0.3, 0.4) is 0 Å². The first kappa shape index (κ1) is 19.1. The molecule has 150 valence electrons. The Morgan fingerprint density at radius 1 is 0.966 bits per heavy atom. The van der Waals surface area contributed by atoms with Crippen LogP contribution in [0.5, 0.6) is 11.5 Å². The number of anilines is 2. The first-order valence-corrected chi connectivity index (χ1v) is 9.85. The highest BCUT2D eigenvalue weighted by Gasteiger charge is 2.17. The number of nitrogens with zero attached hydrogens (tertiary/aromatic N) is 3. The van der Waals surface area contributed by atoms with Gasteiger partial charge in [-0.2, -0.15) is 0 Å². The first-order chi connectivity index (χ1) is 14.3. The van der Waals surface area contributed by atoms with E-state index in [1.165, 1.54) is 16.7 Å². The molecule has 6 nitrogen and oxygen atoms in total. The molecule has 0 aliphatic carbocycles. The van der Waals surface area contributed by atoms with E-state index in [0.717, 1.165) is 55.6 Å². The molecule has 29 heavy (non-hydrogen) atoms. The molecule has 1 aliphatic heterocycles. The number of nitrogens with one attached hydrogen (secondary N) is 1. The molecule has 6 heteroatoms. The van der Waals surface area contributed by atoms with Crippen molar-refractivity contribution in [2.45, 2.75) is 19.4 Å². The standard InChI is InChI=1S/C23H26N4O2/c1-28-20-8-7-17(13-21(20)29-2)9-11-24-22-14-23(26-16-25-22)27-12-10-18-5-3-4-6-19(18)15-27/h3-8,13-14,16H,9-12,15H2,1-2H3,(H,24,25,26). The second-order valence-corrected chi connectivity index (χ2v) is 7.07. The first-order valence-electron chi connectivity index (χ1n) is 9.85. The summed E-state index contributed by atoms with van der Waals surface area (Å²) in [5.74, 6) is 3.30. The van der Waals surface area contributed by atoms with Gasteiger partial charge in [0.1, 0.15) is 18.0 Å². The zero-order valence-electron chi connectivity index (χ0n) is 16.9. The maximum absolute atomic E-state index is 5.38. The SMILES string of the molecule is COc1ccc(CCNc2cc(N3CCc4ccccc4C3)ncn2)cc1OC. The zero-order valence-corrected chi connectivity index (χ0v) is 16.9. The second kappa shape index (κ2) is 8.82. The largest absolute Gasteiger partial charge is 0.493 e. The van der Waals surface area contributed by atoms with Crippen molar-refractivity contribution >= 4 is 11.6 Å². The zero-order chi connectivity index (χ0) is 20.1. The average Bonchev–Trinajstić information content (AvgIpc) is 2.79. The smallest absolute Gasteiger partial charge is 0.160 e. The summed E-state index contributed by atoms with van der Waals surface area (Å²) in [5, 5.41) is 3.41. The third kappa shape index (κ3) is 4.42. The number of methoxy groups -OCH3 is 2. The lowest BCUT2D eigenvalue weighted by Gasteiger charge is -2.29. The number of hydrogen-bond donors (Lipinski definition) is 1. The van der Waals surface area contributed by atoms with Crippen LogP contribution in [0.1, 0.15) is 16.7 Å². The molecule has 1 aromatic heterocycles. The van der Waals surface area contributed by atoms with Gasteiger partial charge in [0, 0.05) is 25.7 Å². The van der Waals surface area contributed by atoms with E-state index in [9.17, 15) is 0 Å². The van der Waals surface area contributed by atoms with Crippen LogP contribution in [-0.2, 0) is 19.4 Å². The van der Waals surface area contributed by atoms with Gasteiger partial charge < -0.3 is 19.7 Å². The van der Waals surface area contributed by atoms with Gasteiger partial charge in [-0.1, -0.05) is 30.3 Å². The maximum Gasteiger partial charge on any atom is 0.160 e. The van der Waals surface area contributed by atoms with E-state index in [0.29, 0.717) is 0 Å². The summed E-state index contributed by atoms with van der Waals surface area (Å²) in [6, 6.07) is 16.7. The van der Waals surface area contributed by atoms with Crippen LogP contribution in [0.25, 0.3) is 0 Å². The number of hydrogen-bond acceptors (Lipinski definition) is 6. The minimum atomic E-state index is 0.743. The van der Waals surface area contributed by atoms with Crippen molar-refractivity contribution in [1.82, 2.24) is 9.97 Å². The molecule has 0 saturated carbocycles. The van der Waals surface area contributed by atoms with E-state index in [2.05, 4.69) is 50.5 Å². The summed E-state index contributed by atoms with van der Waals surface area (Å²) < 4.78 is 10.7. The summed E-state index contributed by atoms with van der Waals surface area (Å²) >= 11 is 0. The monoisotopic (exact) mass is 390 g/mol. The van der Waals surface area contributed by atoms with Crippen molar-refractivity contribution in [1.29, 1.82) is 0 Å². The molecular weight excluding hydrogens is 364 g/mol. The summed E-state index contributed by atoms with van der Waals surface area (Å²) in [6.07, 6.45) is 3.54. The van der Waals surface area contributed by atoms with Gasteiger partial charge in [-0.25, -0.2) is 9.97 Å². The van der Waals surface area contributed by atoms with Crippen LogP contribution in [0.4, 0.5) is 11.6 Å². The Labute approximate surface area is 171 Å². The van der Waals surface area contributed by atoms with E-state index in [-0.39, 0.29) is 0 Å². The van der Waals surface area contributed by atoms with E-state index in [1.807, 2.05) is 18.2 Å². The van der Waals surface area contributed by atoms with E-state index < -0.39 is 0 Å². The van der Waals surface area contributed by atoms with Crippen molar-refractivity contribution in [3.8, 4) is 11.5 Å². The lowest BCUT2D eigenvalue weighted by molar-refractivity contribution is 0.354. The van der Waals surface area contributed by atoms with Gasteiger partial charge in [-0.15, -0.1) is 0 Å². The molecule has 1 aliphatic rings. The molecule has 0 radical (unpaired) electrons. The van der Waals surface area contributed by atoms with Gasteiger partial charge in [0.05, 0.1) is 14.2 Å². The predicted molar refractivity (Wildman–Crippen MR) is 115 cm³/mol. The molecule has 3 aromatic rings. The quantitative estimate of drug-likeness (QED) is 0.664. The van der Waals surface area contributed by atoms with Crippen molar-refractivity contribution in [3.63, 3.8) is 0 Å². The van der Waals surface area contributed by atoms with Crippen LogP contribution in [0, 0.1) is 0 Å². The third-order valence-electron chi connectivity index (χ3n) is 5.28. The Bertz CT molecular complexity index is 977. The summed E-state index contributed by atoms with van der Waals surface area (Å²) in [7, 11) is 3.30. The summed E-state index contributed by atoms with van der Waals surface area (Å²) in [5.41, 5.74) is 3.99. The fourth-order valence-corrected chi connectivity index (χ4v) is 3.68. The number of rotatable bonds is 7. The lowest BCUT2D eigenvalue weighted by atomic mass is 10.00. The van der Waals surface area contributed by atoms with Crippen LogP contribution in [-0.4, -0.2) is 37.3 Å². The number of ether oxygens (including phenoxy) is 2. The summed E-state index contributed by atoms with van der Waals surface area (Å²) in [4.78, 5) is 11.2. The lowest BCUT2D eigenvalue weighted by Crippen LogP contribution is -2.31. The highest BCUT2D eigenvalue weighted by Crippen LogP contribution is 2.28. The van der Waals surface area contributed by atoms with Gasteiger partial charge in [-0.3, -0.25) is 0 Å². The van der Waals surface area contributed by atoms with Crippen molar-refractivity contribution in [2.75, 3.05) is 37.5 Å². The van der Waals surface area contributed by atoms with Gasteiger partial charge in [0.25, 0.3) is 0 Å². The number of aromatic nitrogens is 2. The van der Waals surface area contributed by atoms with Gasteiger partial charge in [0.2, 0.25) is 0 Å². The van der Waals surface area contributed by atoms with Gasteiger partial charge >= 0.3 is 0 Å². The molecule has 0 bridgehead atoms. The minimum absolute atomic E-state index is 0.743. The van der Waals surface area contributed by atoms with Gasteiger partial charge in [0.15, 0.2) is 11.5 Å². The normalized spacial score (nSPS) is 13.0. The Balaban J connectivity index is 1.37. The van der Waals surface area contributed by atoms with E-state index in [1.54, 1.807) is 20.5 Å². The molecule has 0 atom stereocenters. The Kier molecular flexibility index (Phi) is 5.79. The molecule has 0 unspecified atom stereocenters. The van der Waals surface area contributed by atoms with Crippen molar-refractivity contribution in [3.05, 3.63) is 71.5 Å². The summed E-state index contributed by atoms with van der Waals surface area (Å²) in [6.45, 7) is 2.63. The Morgan fingerprint density at radius 3 is 2.62 bits per heavy atom. The van der Waals surface area contributed by atoms with Crippen LogP contribution < -0.4 is 19.7 Å². The fraction of sp³-hybridized carbons (Fsp3) is 0.304. The molecule has 1 N–H and O–H groups in total. The molecule has 0 saturated heterocycles. The fourth-order valence-electron chi connectivity index (χ4n) is 3.68. The molecule has 2 aromatic carbocycles. The van der Waals surface area contributed by atoms with Crippen molar-refractivity contribution < 1.29 is 9.47 Å². The van der Waals surface area contributed by atoms with Crippen LogP contribution in [0.15, 0.2) is 54.9 Å². The van der Waals surface area contributed by atoms with E-state index in [4.69, 9.17) is 9.47 Å². The van der Waals surface area contributed by atoms with Crippen LogP contribution in [0.2, 0.25) is 0 Å². The molecule has 2 heterocycles. The third-order valence-corrected chi connectivity index (χ3v) is 5.28. The molecule has 0 spiro atoms. The molecule has 4 rings (SSSR count). The molecule has 0 fully saturated rings. The molecule has 0 amide bonds.